The zero-order valence-corrected chi connectivity index (χ0v) is 11.3. The first-order valence-corrected chi connectivity index (χ1v) is 6.68. The Labute approximate surface area is 109 Å². The fourth-order valence-corrected chi connectivity index (χ4v) is 2.76. The quantitative estimate of drug-likeness (QED) is 0.857. The van der Waals surface area contributed by atoms with Gasteiger partial charge in [0.05, 0.1) is 12.7 Å². The number of ether oxygens (including phenoxy) is 1. The average Bonchev–Trinajstić information content (AvgIpc) is 2.40. The molecule has 1 aliphatic rings. The Morgan fingerprint density at radius 2 is 2.22 bits per heavy atom. The zero-order valence-electron chi connectivity index (χ0n) is 11.3. The summed E-state index contributed by atoms with van der Waals surface area (Å²) in [5, 5.41) is 14.1. The van der Waals surface area contributed by atoms with E-state index in [0.29, 0.717) is 12.3 Å². The Morgan fingerprint density at radius 1 is 1.44 bits per heavy atom. The van der Waals surface area contributed by atoms with Crippen LogP contribution in [0.25, 0.3) is 0 Å². The largest absolute Gasteiger partial charge is 0.496 e. The van der Waals surface area contributed by atoms with Crippen LogP contribution in [0.4, 0.5) is 0 Å². The van der Waals surface area contributed by atoms with E-state index in [9.17, 15) is 5.11 Å². The van der Waals surface area contributed by atoms with Gasteiger partial charge in [-0.3, -0.25) is 0 Å². The number of hydrogen-bond acceptors (Lipinski definition) is 3. The van der Waals surface area contributed by atoms with E-state index in [-0.39, 0.29) is 0 Å². The summed E-state index contributed by atoms with van der Waals surface area (Å²) in [5.41, 5.74) is 0.401. The molecule has 0 spiro atoms. The molecular weight excluding hydrogens is 226 g/mol. The van der Waals surface area contributed by atoms with Crippen molar-refractivity contribution in [1.29, 1.82) is 0 Å². The van der Waals surface area contributed by atoms with Crippen LogP contribution in [0.15, 0.2) is 24.3 Å². The van der Waals surface area contributed by atoms with Crippen LogP contribution in [0.1, 0.15) is 25.3 Å². The van der Waals surface area contributed by atoms with Gasteiger partial charge in [0.15, 0.2) is 0 Å². The first-order chi connectivity index (χ1) is 8.63. The molecule has 3 nitrogen and oxygen atoms in total. The summed E-state index contributed by atoms with van der Waals surface area (Å²) in [6, 6.07) is 7.93. The number of rotatable bonds is 4. The van der Waals surface area contributed by atoms with E-state index in [1.807, 2.05) is 31.2 Å². The minimum Gasteiger partial charge on any atom is -0.496 e. The van der Waals surface area contributed by atoms with Gasteiger partial charge in [-0.25, -0.2) is 0 Å². The monoisotopic (exact) mass is 249 g/mol. The van der Waals surface area contributed by atoms with Crippen molar-refractivity contribution in [3.05, 3.63) is 29.8 Å². The number of piperidine rings is 1. The predicted octanol–water partition coefficient (Wildman–Crippen LogP) is 1.99. The molecule has 0 bridgehead atoms. The first kappa shape index (κ1) is 13.4. The van der Waals surface area contributed by atoms with Crippen molar-refractivity contribution in [1.82, 2.24) is 5.32 Å². The van der Waals surface area contributed by atoms with Crippen LogP contribution in [-0.2, 0) is 6.42 Å². The lowest BCUT2D eigenvalue weighted by Crippen LogP contribution is -2.45. The highest BCUT2D eigenvalue weighted by Gasteiger charge is 2.33. The van der Waals surface area contributed by atoms with Crippen molar-refractivity contribution >= 4 is 0 Å². The minimum absolute atomic E-state index is 0.316. The number of methoxy groups -OCH3 is 1. The lowest BCUT2D eigenvalue weighted by atomic mass is 9.79. The van der Waals surface area contributed by atoms with E-state index >= 15 is 0 Å². The van der Waals surface area contributed by atoms with Crippen LogP contribution in [0, 0.1) is 5.92 Å². The van der Waals surface area contributed by atoms with Crippen LogP contribution < -0.4 is 10.1 Å². The number of para-hydroxylation sites is 1. The van der Waals surface area contributed by atoms with Gasteiger partial charge in [0, 0.05) is 18.9 Å². The van der Waals surface area contributed by atoms with E-state index in [4.69, 9.17) is 4.74 Å². The maximum atomic E-state index is 10.7. The molecule has 0 amide bonds. The maximum absolute atomic E-state index is 10.7. The third-order valence-corrected chi connectivity index (χ3v) is 3.92. The van der Waals surface area contributed by atoms with Crippen molar-refractivity contribution in [3.8, 4) is 5.75 Å². The molecule has 100 valence electrons. The van der Waals surface area contributed by atoms with Crippen molar-refractivity contribution in [2.24, 2.45) is 5.92 Å². The van der Waals surface area contributed by atoms with Crippen molar-refractivity contribution < 1.29 is 9.84 Å². The number of nitrogens with one attached hydrogen (secondary N) is 1. The molecule has 1 fully saturated rings. The molecule has 1 saturated heterocycles. The lowest BCUT2D eigenvalue weighted by Gasteiger charge is -2.36. The standard InChI is InChI=1S/C15H23NO2/c1-15(17,13-7-5-9-16-11-13)10-12-6-3-4-8-14(12)18-2/h3-4,6,8,13,16-17H,5,7,9-11H2,1-2H3. The van der Waals surface area contributed by atoms with Crippen molar-refractivity contribution in [3.63, 3.8) is 0 Å². The molecule has 1 aromatic carbocycles. The molecule has 0 saturated carbocycles. The summed E-state index contributed by atoms with van der Waals surface area (Å²) < 4.78 is 5.35. The Kier molecular flexibility index (Phi) is 4.25. The second kappa shape index (κ2) is 5.72. The summed E-state index contributed by atoms with van der Waals surface area (Å²) in [4.78, 5) is 0. The van der Waals surface area contributed by atoms with Crippen LogP contribution >= 0.6 is 0 Å². The van der Waals surface area contributed by atoms with Gasteiger partial charge in [-0.2, -0.15) is 0 Å². The fraction of sp³-hybridized carbons (Fsp3) is 0.600. The van der Waals surface area contributed by atoms with Crippen LogP contribution in [0.5, 0.6) is 5.75 Å². The molecule has 1 aromatic rings. The molecule has 0 radical (unpaired) electrons. The summed E-state index contributed by atoms with van der Waals surface area (Å²) >= 11 is 0. The Bertz CT molecular complexity index is 384. The number of aliphatic hydroxyl groups is 1. The number of hydrogen-bond donors (Lipinski definition) is 2. The topological polar surface area (TPSA) is 41.5 Å². The van der Waals surface area contributed by atoms with E-state index in [2.05, 4.69) is 5.32 Å². The van der Waals surface area contributed by atoms with E-state index in [1.54, 1.807) is 7.11 Å². The number of benzene rings is 1. The molecule has 0 aliphatic carbocycles. The van der Waals surface area contributed by atoms with E-state index in [1.165, 1.54) is 0 Å². The van der Waals surface area contributed by atoms with Gasteiger partial charge in [0.2, 0.25) is 0 Å². The van der Waals surface area contributed by atoms with Gasteiger partial charge in [0.1, 0.15) is 5.75 Å². The lowest BCUT2D eigenvalue weighted by molar-refractivity contribution is -0.0106. The van der Waals surface area contributed by atoms with Gasteiger partial charge < -0.3 is 15.2 Å². The zero-order chi connectivity index (χ0) is 13.0. The Morgan fingerprint density at radius 3 is 2.89 bits per heavy atom. The van der Waals surface area contributed by atoms with Gasteiger partial charge >= 0.3 is 0 Å². The predicted molar refractivity (Wildman–Crippen MR) is 72.9 cm³/mol. The summed E-state index contributed by atoms with van der Waals surface area (Å²) in [6.07, 6.45) is 2.88. The van der Waals surface area contributed by atoms with Gasteiger partial charge in [-0.05, 0) is 37.9 Å². The summed E-state index contributed by atoms with van der Waals surface area (Å²) in [5.74, 6) is 1.18. The van der Waals surface area contributed by atoms with Gasteiger partial charge in [0.25, 0.3) is 0 Å². The highest BCUT2D eigenvalue weighted by atomic mass is 16.5. The molecule has 2 atom stereocenters. The third-order valence-electron chi connectivity index (χ3n) is 3.92. The molecule has 3 heteroatoms. The van der Waals surface area contributed by atoms with Crippen LogP contribution in [0.3, 0.4) is 0 Å². The highest BCUT2D eigenvalue weighted by Crippen LogP contribution is 2.30. The van der Waals surface area contributed by atoms with Crippen molar-refractivity contribution in [2.45, 2.75) is 31.8 Å². The third kappa shape index (κ3) is 3.03. The molecule has 2 N–H and O–H groups in total. The normalized spacial score (nSPS) is 23.4. The minimum atomic E-state index is -0.679. The Hall–Kier alpha value is -1.06. The molecular formula is C15H23NO2. The highest BCUT2D eigenvalue weighted by molar-refractivity contribution is 5.34. The molecule has 1 aliphatic heterocycles. The molecule has 2 rings (SSSR count). The Balaban J connectivity index is 2.10. The molecule has 2 unspecified atom stereocenters. The molecule has 1 heterocycles. The van der Waals surface area contributed by atoms with Gasteiger partial charge in [-0.1, -0.05) is 18.2 Å². The molecule has 0 aromatic heterocycles. The fourth-order valence-electron chi connectivity index (χ4n) is 2.76. The SMILES string of the molecule is COc1ccccc1CC(C)(O)C1CCCNC1. The molecule has 18 heavy (non-hydrogen) atoms. The second-order valence-electron chi connectivity index (χ2n) is 5.39. The first-order valence-electron chi connectivity index (χ1n) is 6.68. The van der Waals surface area contributed by atoms with Gasteiger partial charge in [-0.15, -0.1) is 0 Å². The van der Waals surface area contributed by atoms with Crippen LogP contribution in [-0.4, -0.2) is 30.9 Å². The maximum Gasteiger partial charge on any atom is 0.122 e. The smallest absolute Gasteiger partial charge is 0.122 e. The van der Waals surface area contributed by atoms with Crippen molar-refractivity contribution in [2.75, 3.05) is 20.2 Å². The summed E-state index contributed by atoms with van der Waals surface area (Å²) in [6.45, 7) is 3.92. The second-order valence-corrected chi connectivity index (χ2v) is 5.39. The summed E-state index contributed by atoms with van der Waals surface area (Å²) in [7, 11) is 1.68. The van der Waals surface area contributed by atoms with E-state index in [0.717, 1.165) is 37.2 Å². The van der Waals surface area contributed by atoms with Crippen LogP contribution in [0.2, 0.25) is 0 Å². The van der Waals surface area contributed by atoms with E-state index < -0.39 is 5.60 Å². The average molecular weight is 249 g/mol.